The number of hydrogen-bond donors (Lipinski definition) is 2. The van der Waals surface area contributed by atoms with Gasteiger partial charge in [0.15, 0.2) is 0 Å². The number of carbonyl (C=O) groups is 1. The number of nitrogens with one attached hydrogen (secondary N) is 1. The quantitative estimate of drug-likeness (QED) is 0.803. The lowest BCUT2D eigenvalue weighted by Crippen LogP contribution is -2.24. The van der Waals surface area contributed by atoms with E-state index in [1.165, 1.54) is 17.3 Å². The van der Waals surface area contributed by atoms with Crippen molar-refractivity contribution in [1.82, 2.24) is 19.7 Å². The number of carbonyl (C=O) groups excluding carboxylic acids is 1. The zero-order chi connectivity index (χ0) is 15.1. The SMILES string of the molecule is CC(C(=O)Nc1cc(C#CCCO)ccn1)n1cncn1. The molecular formula is C14H15N5O2. The maximum atomic E-state index is 12.1. The molecule has 0 aliphatic carbocycles. The second-order valence-corrected chi connectivity index (χ2v) is 4.25. The fraction of sp³-hybridized carbons (Fsp3) is 0.286. The summed E-state index contributed by atoms with van der Waals surface area (Å²) in [5.74, 6) is 5.88. The Kier molecular flexibility index (Phi) is 5.01. The molecule has 0 aromatic carbocycles. The van der Waals surface area contributed by atoms with E-state index in [1.54, 1.807) is 25.3 Å². The number of aliphatic hydroxyl groups excluding tert-OH is 1. The van der Waals surface area contributed by atoms with Gasteiger partial charge in [0.2, 0.25) is 5.91 Å². The summed E-state index contributed by atoms with van der Waals surface area (Å²) in [4.78, 5) is 20.0. The fourth-order valence-corrected chi connectivity index (χ4v) is 1.57. The molecule has 2 N–H and O–H groups in total. The van der Waals surface area contributed by atoms with Gasteiger partial charge in [0, 0.05) is 18.2 Å². The van der Waals surface area contributed by atoms with Gasteiger partial charge >= 0.3 is 0 Å². The first-order valence-corrected chi connectivity index (χ1v) is 6.41. The molecule has 2 aromatic rings. The molecule has 1 amide bonds. The number of rotatable bonds is 4. The number of pyridine rings is 1. The predicted octanol–water partition coefficient (Wildman–Crippen LogP) is 0.607. The lowest BCUT2D eigenvalue weighted by molar-refractivity contribution is -0.119. The Bertz CT molecular complexity index is 657. The average Bonchev–Trinajstić information content (AvgIpc) is 3.01. The molecule has 7 heteroatoms. The fourth-order valence-electron chi connectivity index (χ4n) is 1.57. The van der Waals surface area contributed by atoms with Crippen LogP contribution in [0.3, 0.4) is 0 Å². The molecule has 0 aliphatic heterocycles. The van der Waals surface area contributed by atoms with E-state index in [-0.39, 0.29) is 12.5 Å². The molecule has 1 atom stereocenters. The standard InChI is InChI=1S/C14H15N5O2/c1-11(19-10-15-9-17-19)14(21)18-13-8-12(5-6-16-13)4-2-3-7-20/h5-6,8-11,20H,3,7H2,1H3,(H,16,18,21). The van der Waals surface area contributed by atoms with Crippen molar-refractivity contribution in [3.63, 3.8) is 0 Å². The first-order chi connectivity index (χ1) is 10.2. The molecule has 0 fully saturated rings. The molecule has 21 heavy (non-hydrogen) atoms. The van der Waals surface area contributed by atoms with E-state index in [1.807, 2.05) is 0 Å². The van der Waals surface area contributed by atoms with Crippen molar-refractivity contribution in [3.05, 3.63) is 36.5 Å². The molecule has 0 spiro atoms. The average molecular weight is 285 g/mol. The molecule has 2 rings (SSSR count). The first kappa shape index (κ1) is 14.7. The topological polar surface area (TPSA) is 92.9 Å². The smallest absolute Gasteiger partial charge is 0.250 e. The van der Waals surface area contributed by atoms with E-state index in [2.05, 4.69) is 32.2 Å². The van der Waals surface area contributed by atoms with Gasteiger partial charge in [-0.15, -0.1) is 0 Å². The number of nitrogens with zero attached hydrogens (tertiary/aromatic N) is 4. The number of anilines is 1. The Hall–Kier alpha value is -2.72. The van der Waals surface area contributed by atoms with Gasteiger partial charge in [0.1, 0.15) is 24.5 Å². The molecule has 2 aromatic heterocycles. The summed E-state index contributed by atoms with van der Waals surface area (Å²) < 4.78 is 1.46. The molecular weight excluding hydrogens is 270 g/mol. The van der Waals surface area contributed by atoms with Crippen LogP contribution in [0.15, 0.2) is 31.0 Å². The Labute approximate surface area is 122 Å². The maximum Gasteiger partial charge on any atom is 0.250 e. The second-order valence-electron chi connectivity index (χ2n) is 4.25. The summed E-state index contributed by atoms with van der Waals surface area (Å²) >= 11 is 0. The minimum Gasteiger partial charge on any atom is -0.395 e. The molecule has 7 nitrogen and oxygen atoms in total. The van der Waals surface area contributed by atoms with Crippen molar-refractivity contribution in [1.29, 1.82) is 0 Å². The van der Waals surface area contributed by atoms with Crippen LogP contribution in [0.25, 0.3) is 0 Å². The molecule has 2 heterocycles. The van der Waals surface area contributed by atoms with Crippen LogP contribution in [0, 0.1) is 11.8 Å². The minimum absolute atomic E-state index is 0.0249. The minimum atomic E-state index is -0.488. The van der Waals surface area contributed by atoms with Gasteiger partial charge in [-0.2, -0.15) is 5.10 Å². The van der Waals surface area contributed by atoms with E-state index >= 15 is 0 Å². The number of aliphatic hydroxyl groups is 1. The zero-order valence-corrected chi connectivity index (χ0v) is 11.5. The molecule has 0 saturated carbocycles. The van der Waals surface area contributed by atoms with Crippen molar-refractivity contribution >= 4 is 11.7 Å². The van der Waals surface area contributed by atoms with E-state index in [4.69, 9.17) is 5.11 Å². The van der Waals surface area contributed by atoms with E-state index < -0.39 is 6.04 Å². The number of amides is 1. The van der Waals surface area contributed by atoms with Crippen molar-refractivity contribution in [3.8, 4) is 11.8 Å². The predicted molar refractivity (Wildman–Crippen MR) is 76.2 cm³/mol. The largest absolute Gasteiger partial charge is 0.395 e. The molecule has 108 valence electrons. The first-order valence-electron chi connectivity index (χ1n) is 6.41. The van der Waals surface area contributed by atoms with E-state index in [0.29, 0.717) is 12.2 Å². The van der Waals surface area contributed by atoms with Gasteiger partial charge in [0.25, 0.3) is 0 Å². The van der Waals surface area contributed by atoms with E-state index in [9.17, 15) is 4.79 Å². The number of hydrogen-bond acceptors (Lipinski definition) is 5. The van der Waals surface area contributed by atoms with Gasteiger partial charge < -0.3 is 10.4 Å². The van der Waals surface area contributed by atoms with Gasteiger partial charge in [0.05, 0.1) is 6.61 Å². The van der Waals surface area contributed by atoms with Crippen LogP contribution in [0.4, 0.5) is 5.82 Å². The van der Waals surface area contributed by atoms with Gasteiger partial charge in [-0.05, 0) is 19.1 Å². The lowest BCUT2D eigenvalue weighted by atomic mass is 10.2. The lowest BCUT2D eigenvalue weighted by Gasteiger charge is -2.11. The maximum absolute atomic E-state index is 12.1. The van der Waals surface area contributed by atoms with Crippen molar-refractivity contribution in [2.75, 3.05) is 11.9 Å². The summed E-state index contributed by atoms with van der Waals surface area (Å²) in [6.45, 7) is 1.74. The van der Waals surface area contributed by atoms with Crippen molar-refractivity contribution < 1.29 is 9.90 Å². The third-order valence-corrected chi connectivity index (χ3v) is 2.69. The third-order valence-electron chi connectivity index (χ3n) is 2.69. The normalized spacial score (nSPS) is 11.3. The molecule has 0 saturated heterocycles. The Morgan fingerprint density at radius 3 is 3.14 bits per heavy atom. The van der Waals surface area contributed by atoms with Gasteiger partial charge in [-0.25, -0.2) is 14.6 Å². The van der Waals surface area contributed by atoms with Crippen LogP contribution in [0.1, 0.15) is 24.9 Å². The van der Waals surface area contributed by atoms with Crippen LogP contribution < -0.4 is 5.32 Å². The van der Waals surface area contributed by atoms with Crippen LogP contribution in [-0.4, -0.2) is 37.4 Å². The second kappa shape index (κ2) is 7.17. The Morgan fingerprint density at radius 2 is 2.43 bits per heavy atom. The monoisotopic (exact) mass is 285 g/mol. The van der Waals surface area contributed by atoms with Crippen LogP contribution in [0.2, 0.25) is 0 Å². The summed E-state index contributed by atoms with van der Waals surface area (Å²) in [5.41, 5.74) is 0.724. The Morgan fingerprint density at radius 1 is 1.57 bits per heavy atom. The molecule has 0 bridgehead atoms. The van der Waals surface area contributed by atoms with Gasteiger partial charge in [-0.1, -0.05) is 11.8 Å². The van der Waals surface area contributed by atoms with Crippen LogP contribution >= 0.6 is 0 Å². The highest BCUT2D eigenvalue weighted by molar-refractivity contribution is 5.92. The summed E-state index contributed by atoms with van der Waals surface area (Å²) in [6, 6.07) is 2.93. The molecule has 0 aliphatic rings. The van der Waals surface area contributed by atoms with Crippen molar-refractivity contribution in [2.45, 2.75) is 19.4 Å². The number of aromatic nitrogens is 4. The van der Waals surface area contributed by atoms with Crippen LogP contribution in [-0.2, 0) is 4.79 Å². The summed E-state index contributed by atoms with van der Waals surface area (Å²) in [5, 5.41) is 15.3. The summed E-state index contributed by atoms with van der Waals surface area (Å²) in [7, 11) is 0. The van der Waals surface area contributed by atoms with Gasteiger partial charge in [-0.3, -0.25) is 4.79 Å². The highest BCUT2D eigenvalue weighted by Crippen LogP contribution is 2.10. The molecule has 1 unspecified atom stereocenters. The Balaban J connectivity index is 2.04. The highest BCUT2D eigenvalue weighted by atomic mass is 16.2. The zero-order valence-electron chi connectivity index (χ0n) is 11.5. The van der Waals surface area contributed by atoms with E-state index in [0.717, 1.165) is 5.56 Å². The summed E-state index contributed by atoms with van der Waals surface area (Å²) in [6.07, 6.45) is 4.83. The van der Waals surface area contributed by atoms with Crippen LogP contribution in [0.5, 0.6) is 0 Å². The van der Waals surface area contributed by atoms with Crippen molar-refractivity contribution in [2.24, 2.45) is 0 Å². The molecule has 0 radical (unpaired) electrons. The third kappa shape index (κ3) is 4.12. The highest BCUT2D eigenvalue weighted by Gasteiger charge is 2.15.